The molecular weight excluding hydrogens is 136 g/mol. The van der Waals surface area contributed by atoms with Crippen LogP contribution in [0.2, 0.25) is 0 Å². The fourth-order valence-corrected chi connectivity index (χ4v) is 0.873. The zero-order valence-electron chi connectivity index (χ0n) is 7.53. The highest BCUT2D eigenvalue weighted by Gasteiger charge is 1.85. The van der Waals surface area contributed by atoms with E-state index in [9.17, 15) is 0 Å². The van der Waals surface area contributed by atoms with Crippen LogP contribution in [0.1, 0.15) is 32.6 Å². The van der Waals surface area contributed by atoms with E-state index in [1.165, 1.54) is 25.7 Å². The molecule has 0 aromatic carbocycles. The van der Waals surface area contributed by atoms with Gasteiger partial charge in [-0.2, -0.15) is 0 Å². The Labute approximate surface area is 70.0 Å². The Bertz CT molecular complexity index is 81.6. The molecule has 2 heteroatoms. The largest absolute Gasteiger partial charge is 0.258 e. The van der Waals surface area contributed by atoms with Crippen LogP contribution in [0.15, 0.2) is 12.7 Å². The normalized spacial score (nSPS) is 9.91. The van der Waals surface area contributed by atoms with Crippen molar-refractivity contribution in [1.29, 1.82) is 0 Å². The zero-order valence-corrected chi connectivity index (χ0v) is 7.53. The minimum Gasteiger partial charge on any atom is -0.258 e. The lowest BCUT2D eigenvalue weighted by molar-refractivity contribution is 0.530. The predicted octanol–water partition coefficient (Wildman–Crippen LogP) is 1.85. The molecule has 0 saturated heterocycles. The van der Waals surface area contributed by atoms with Gasteiger partial charge in [-0.25, -0.2) is 0 Å². The minimum atomic E-state index is 0.841. The van der Waals surface area contributed by atoms with Gasteiger partial charge in [-0.1, -0.05) is 32.3 Å². The molecule has 0 rings (SSSR count). The van der Waals surface area contributed by atoms with Crippen LogP contribution in [0.25, 0.3) is 0 Å². The van der Waals surface area contributed by atoms with Gasteiger partial charge in [0.1, 0.15) is 0 Å². The molecule has 0 radical (unpaired) electrons. The zero-order chi connectivity index (χ0) is 8.36. The third-order valence-corrected chi connectivity index (χ3v) is 1.53. The lowest BCUT2D eigenvalue weighted by atomic mass is 10.2. The highest BCUT2D eigenvalue weighted by Crippen LogP contribution is 1.96. The van der Waals surface area contributed by atoms with Crippen molar-refractivity contribution in [3.63, 3.8) is 0 Å². The molecule has 0 aromatic rings. The molecule has 11 heavy (non-hydrogen) atoms. The number of hydrogen-bond donors (Lipinski definition) is 2. The third kappa shape index (κ3) is 9.66. The topological polar surface area (TPSA) is 24.1 Å². The van der Waals surface area contributed by atoms with Crippen LogP contribution in [0.3, 0.4) is 0 Å². The molecular formula is C9H20N2. The maximum Gasteiger partial charge on any atom is 0.0278 e. The summed E-state index contributed by atoms with van der Waals surface area (Å²) in [6.07, 6.45) is 7.10. The quantitative estimate of drug-likeness (QED) is 0.318. The summed E-state index contributed by atoms with van der Waals surface area (Å²) >= 11 is 0. The van der Waals surface area contributed by atoms with E-state index in [0.29, 0.717) is 0 Å². The fourth-order valence-electron chi connectivity index (χ4n) is 0.873. The molecule has 0 saturated carbocycles. The van der Waals surface area contributed by atoms with Crippen LogP contribution >= 0.6 is 0 Å². The van der Waals surface area contributed by atoms with Crippen molar-refractivity contribution in [2.24, 2.45) is 0 Å². The second-order valence-electron chi connectivity index (χ2n) is 2.66. The summed E-state index contributed by atoms with van der Waals surface area (Å²) in [7, 11) is 0. The van der Waals surface area contributed by atoms with Crippen LogP contribution in [0.5, 0.6) is 0 Å². The second kappa shape index (κ2) is 9.66. The fraction of sp³-hybridized carbons (Fsp3) is 0.778. The lowest BCUT2D eigenvalue weighted by Crippen LogP contribution is -2.32. The summed E-state index contributed by atoms with van der Waals surface area (Å²) in [5, 5.41) is 0. The van der Waals surface area contributed by atoms with Crippen molar-refractivity contribution in [2.75, 3.05) is 13.1 Å². The van der Waals surface area contributed by atoms with E-state index in [2.05, 4.69) is 24.4 Å². The van der Waals surface area contributed by atoms with Crippen molar-refractivity contribution < 1.29 is 0 Å². The van der Waals surface area contributed by atoms with Crippen molar-refractivity contribution in [3.05, 3.63) is 12.7 Å². The summed E-state index contributed by atoms with van der Waals surface area (Å²) in [4.78, 5) is 0. The van der Waals surface area contributed by atoms with Crippen molar-refractivity contribution >= 4 is 0 Å². The molecule has 0 fully saturated rings. The Balaban J connectivity index is 2.74. The first-order valence-electron chi connectivity index (χ1n) is 4.48. The van der Waals surface area contributed by atoms with Gasteiger partial charge in [0.2, 0.25) is 0 Å². The smallest absolute Gasteiger partial charge is 0.0278 e. The number of nitrogens with one attached hydrogen (secondary N) is 2. The molecule has 0 unspecified atom stereocenters. The van der Waals surface area contributed by atoms with Crippen molar-refractivity contribution in [3.8, 4) is 0 Å². The van der Waals surface area contributed by atoms with E-state index in [4.69, 9.17) is 0 Å². The molecule has 2 nitrogen and oxygen atoms in total. The highest BCUT2D eigenvalue weighted by atomic mass is 15.3. The Morgan fingerprint density at radius 3 is 2.64 bits per heavy atom. The Morgan fingerprint density at radius 2 is 2.00 bits per heavy atom. The molecule has 0 aliphatic heterocycles. The van der Waals surface area contributed by atoms with E-state index in [0.717, 1.165) is 13.1 Å². The van der Waals surface area contributed by atoms with Gasteiger partial charge in [-0.15, -0.1) is 6.58 Å². The SMILES string of the molecule is C=CCNNCCCCCC. The van der Waals surface area contributed by atoms with E-state index >= 15 is 0 Å². The average Bonchev–Trinajstić information content (AvgIpc) is 2.03. The first kappa shape index (κ1) is 10.7. The molecule has 0 bridgehead atoms. The molecule has 0 atom stereocenters. The number of unbranched alkanes of at least 4 members (excludes halogenated alkanes) is 3. The maximum absolute atomic E-state index is 3.61. The van der Waals surface area contributed by atoms with Crippen LogP contribution in [-0.2, 0) is 0 Å². The summed E-state index contributed by atoms with van der Waals surface area (Å²) < 4.78 is 0. The maximum atomic E-state index is 3.61. The number of hydrazine groups is 1. The summed E-state index contributed by atoms with van der Waals surface area (Å²) in [5.74, 6) is 0. The summed E-state index contributed by atoms with van der Waals surface area (Å²) in [5.41, 5.74) is 6.17. The lowest BCUT2D eigenvalue weighted by Gasteiger charge is -2.03. The molecule has 0 aliphatic carbocycles. The van der Waals surface area contributed by atoms with Gasteiger partial charge in [0.15, 0.2) is 0 Å². The predicted molar refractivity (Wildman–Crippen MR) is 50.3 cm³/mol. The van der Waals surface area contributed by atoms with Gasteiger partial charge >= 0.3 is 0 Å². The summed E-state index contributed by atoms with van der Waals surface area (Å²) in [6, 6.07) is 0. The monoisotopic (exact) mass is 156 g/mol. The van der Waals surface area contributed by atoms with Crippen LogP contribution in [0, 0.1) is 0 Å². The Kier molecular flexibility index (Phi) is 9.36. The molecule has 2 N–H and O–H groups in total. The third-order valence-electron chi connectivity index (χ3n) is 1.53. The minimum absolute atomic E-state index is 0.841. The Hall–Kier alpha value is -0.340. The van der Waals surface area contributed by atoms with E-state index in [1.54, 1.807) is 0 Å². The number of rotatable bonds is 8. The van der Waals surface area contributed by atoms with E-state index in [-0.39, 0.29) is 0 Å². The van der Waals surface area contributed by atoms with Crippen molar-refractivity contribution in [2.45, 2.75) is 32.6 Å². The van der Waals surface area contributed by atoms with Crippen LogP contribution in [-0.4, -0.2) is 13.1 Å². The molecule has 0 heterocycles. The van der Waals surface area contributed by atoms with Crippen LogP contribution < -0.4 is 10.9 Å². The van der Waals surface area contributed by atoms with Gasteiger partial charge in [-0.3, -0.25) is 10.9 Å². The van der Waals surface area contributed by atoms with Gasteiger partial charge in [0.25, 0.3) is 0 Å². The highest BCUT2D eigenvalue weighted by molar-refractivity contribution is 4.67. The van der Waals surface area contributed by atoms with Gasteiger partial charge in [0.05, 0.1) is 0 Å². The van der Waals surface area contributed by atoms with Crippen molar-refractivity contribution in [1.82, 2.24) is 10.9 Å². The Morgan fingerprint density at radius 1 is 1.18 bits per heavy atom. The van der Waals surface area contributed by atoms with E-state index < -0.39 is 0 Å². The molecule has 0 aliphatic rings. The van der Waals surface area contributed by atoms with Gasteiger partial charge in [-0.05, 0) is 6.42 Å². The van der Waals surface area contributed by atoms with Crippen LogP contribution in [0.4, 0.5) is 0 Å². The number of hydrogen-bond acceptors (Lipinski definition) is 2. The molecule has 66 valence electrons. The second-order valence-corrected chi connectivity index (χ2v) is 2.66. The van der Waals surface area contributed by atoms with Gasteiger partial charge in [0, 0.05) is 13.1 Å². The standard InChI is InChI=1S/C9H20N2/c1-3-5-6-7-9-11-10-8-4-2/h4,10-11H,2-3,5-9H2,1H3. The first-order chi connectivity index (χ1) is 5.41. The molecule has 0 amide bonds. The van der Waals surface area contributed by atoms with E-state index in [1.807, 2.05) is 6.08 Å². The first-order valence-corrected chi connectivity index (χ1v) is 4.48. The molecule has 0 spiro atoms. The molecule has 0 aromatic heterocycles. The average molecular weight is 156 g/mol. The summed E-state index contributed by atoms with van der Waals surface area (Å²) in [6.45, 7) is 7.74. The van der Waals surface area contributed by atoms with Gasteiger partial charge < -0.3 is 0 Å².